The van der Waals surface area contributed by atoms with E-state index in [2.05, 4.69) is 25.7 Å². The van der Waals surface area contributed by atoms with Crippen LogP contribution >= 0.6 is 0 Å². The molecule has 1 unspecified atom stereocenters. The maximum Gasteiger partial charge on any atom is 0.421 e. The summed E-state index contributed by atoms with van der Waals surface area (Å²) in [7, 11) is 1.27. The fourth-order valence-corrected chi connectivity index (χ4v) is 2.30. The first-order valence-electron chi connectivity index (χ1n) is 8.46. The van der Waals surface area contributed by atoms with E-state index in [1.165, 1.54) is 34.0 Å². The molecule has 0 spiro atoms. The maximum atomic E-state index is 13.2. The fourth-order valence-electron chi connectivity index (χ4n) is 2.30. The van der Waals surface area contributed by atoms with Crippen molar-refractivity contribution in [1.82, 2.24) is 25.1 Å². The number of carbonyl (C=O) groups excluding carboxylic acids is 1. The second kappa shape index (κ2) is 8.36. The number of nitrogens with one attached hydrogen (secondary N) is 3. The summed E-state index contributed by atoms with van der Waals surface area (Å²) < 4.78 is 77.8. The molecule has 0 aliphatic rings. The van der Waals surface area contributed by atoms with Crippen molar-refractivity contribution in [1.29, 1.82) is 0 Å². The van der Waals surface area contributed by atoms with Crippen molar-refractivity contribution in [2.24, 2.45) is 0 Å². The molecule has 2 rings (SSSR count). The van der Waals surface area contributed by atoms with Gasteiger partial charge in [-0.15, -0.1) is 0 Å². The molecule has 0 aliphatic carbocycles. The quantitative estimate of drug-likeness (QED) is 0.453. The summed E-state index contributed by atoms with van der Waals surface area (Å²) in [6.45, 7) is 4.17. The van der Waals surface area contributed by atoms with Crippen LogP contribution in [-0.4, -0.2) is 45.4 Å². The summed E-state index contributed by atoms with van der Waals surface area (Å²) in [5.41, 5.74) is -2.07. The molecule has 8 nitrogen and oxygen atoms in total. The molecular weight excluding hydrogens is 420 g/mol. The number of aryl methyl sites for hydroxylation is 1. The highest BCUT2D eigenvalue weighted by Crippen LogP contribution is 2.34. The molecule has 1 amide bonds. The van der Waals surface area contributed by atoms with Crippen molar-refractivity contribution in [2.75, 3.05) is 17.7 Å². The summed E-state index contributed by atoms with van der Waals surface area (Å²) in [6, 6.07) is 0. The first kappa shape index (κ1) is 23.2. The zero-order chi connectivity index (χ0) is 22.9. The highest BCUT2D eigenvalue weighted by Gasteiger charge is 2.36. The first-order chi connectivity index (χ1) is 13.8. The molecule has 0 aromatic carbocycles. The van der Waals surface area contributed by atoms with Crippen LogP contribution in [0.1, 0.15) is 25.1 Å². The first-order valence-corrected chi connectivity index (χ1v) is 8.46. The molecule has 0 bridgehead atoms. The van der Waals surface area contributed by atoms with Gasteiger partial charge in [0.2, 0.25) is 18.2 Å². The number of anilines is 3. The van der Waals surface area contributed by atoms with Gasteiger partial charge in [-0.05, 0) is 20.8 Å². The average molecular weight is 439 g/mol. The normalized spacial score (nSPS) is 13.3. The van der Waals surface area contributed by atoms with Crippen molar-refractivity contribution in [3.8, 4) is 0 Å². The van der Waals surface area contributed by atoms with Crippen LogP contribution in [0.4, 0.5) is 43.8 Å². The van der Waals surface area contributed by atoms with Gasteiger partial charge in [0.25, 0.3) is 6.43 Å². The number of hydrogen-bond donors (Lipinski definition) is 3. The maximum absolute atomic E-state index is 13.2. The van der Waals surface area contributed by atoms with Gasteiger partial charge in [0.05, 0.1) is 17.6 Å². The molecule has 30 heavy (non-hydrogen) atoms. The SMILES string of the molecule is CNc1nc(Nc2cn(C(C)(C)C(=O)NC(F)C(F)F)nc2C)ncc1C(F)(F)F. The molecule has 0 radical (unpaired) electrons. The van der Waals surface area contributed by atoms with Gasteiger partial charge in [-0.25, -0.2) is 18.2 Å². The van der Waals surface area contributed by atoms with Crippen molar-refractivity contribution in [3.05, 3.63) is 23.7 Å². The van der Waals surface area contributed by atoms with E-state index >= 15 is 0 Å². The zero-order valence-corrected chi connectivity index (χ0v) is 16.3. The lowest BCUT2D eigenvalue weighted by Crippen LogP contribution is -2.49. The Labute approximate surface area is 167 Å². The van der Waals surface area contributed by atoms with Crippen molar-refractivity contribution in [2.45, 2.75) is 45.2 Å². The minimum atomic E-state index is -4.65. The summed E-state index contributed by atoms with van der Waals surface area (Å²) in [6.07, 6.45) is -8.98. The van der Waals surface area contributed by atoms with E-state index in [0.29, 0.717) is 11.9 Å². The highest BCUT2D eigenvalue weighted by atomic mass is 19.4. The number of carbonyl (C=O) groups is 1. The lowest BCUT2D eigenvalue weighted by molar-refractivity contribution is -0.137. The van der Waals surface area contributed by atoms with Crippen LogP contribution in [0.2, 0.25) is 0 Å². The number of hydrogen-bond acceptors (Lipinski definition) is 6. The largest absolute Gasteiger partial charge is 0.421 e. The standard InChI is InChI=1S/C16H19F6N7O/c1-7-9(25-14-24-5-8(16(20,21)22)12(23-4)27-14)6-29(28-7)15(2,3)13(30)26-11(19)10(17)18/h5-6,10-11H,1-4H3,(H,26,30)(H2,23,24,25,27). The van der Waals surface area contributed by atoms with Gasteiger partial charge in [0.15, 0.2) is 0 Å². The van der Waals surface area contributed by atoms with E-state index in [0.717, 1.165) is 4.68 Å². The Morgan fingerprint density at radius 1 is 1.20 bits per heavy atom. The molecule has 0 aliphatic heterocycles. The minimum absolute atomic E-state index is 0.182. The number of nitrogens with zero attached hydrogens (tertiary/aromatic N) is 4. The second-order valence-corrected chi connectivity index (χ2v) is 6.67. The number of halogens is 6. The van der Waals surface area contributed by atoms with Crippen LogP contribution in [-0.2, 0) is 16.5 Å². The lowest BCUT2D eigenvalue weighted by Gasteiger charge is -2.25. The van der Waals surface area contributed by atoms with Crippen molar-refractivity contribution in [3.63, 3.8) is 0 Å². The molecule has 166 valence electrons. The van der Waals surface area contributed by atoms with Crippen LogP contribution in [0, 0.1) is 6.92 Å². The Balaban J connectivity index is 2.27. The number of rotatable bonds is 7. The van der Waals surface area contributed by atoms with Gasteiger partial charge in [-0.2, -0.15) is 23.3 Å². The van der Waals surface area contributed by atoms with Crippen LogP contribution in [0.3, 0.4) is 0 Å². The van der Waals surface area contributed by atoms with Gasteiger partial charge >= 0.3 is 6.18 Å². The topological polar surface area (TPSA) is 96.8 Å². The van der Waals surface area contributed by atoms with Crippen LogP contribution in [0.15, 0.2) is 12.4 Å². The summed E-state index contributed by atoms with van der Waals surface area (Å²) >= 11 is 0. The van der Waals surface area contributed by atoms with Crippen LogP contribution in [0.25, 0.3) is 0 Å². The van der Waals surface area contributed by atoms with Crippen molar-refractivity contribution >= 4 is 23.4 Å². The number of aromatic nitrogens is 4. The molecule has 2 heterocycles. The van der Waals surface area contributed by atoms with Gasteiger partial charge in [0.1, 0.15) is 16.9 Å². The molecule has 0 saturated heterocycles. The van der Waals surface area contributed by atoms with E-state index in [-0.39, 0.29) is 11.6 Å². The molecule has 2 aromatic rings. The predicted molar refractivity (Wildman–Crippen MR) is 95.2 cm³/mol. The van der Waals surface area contributed by atoms with Crippen LogP contribution < -0.4 is 16.0 Å². The Bertz CT molecular complexity index is 912. The van der Waals surface area contributed by atoms with E-state index in [9.17, 15) is 31.1 Å². The van der Waals surface area contributed by atoms with Gasteiger partial charge in [-0.3, -0.25) is 9.48 Å². The average Bonchev–Trinajstić information content (AvgIpc) is 3.01. The van der Waals surface area contributed by atoms with E-state index in [4.69, 9.17) is 0 Å². The second-order valence-electron chi connectivity index (χ2n) is 6.67. The van der Waals surface area contributed by atoms with Crippen molar-refractivity contribution < 1.29 is 31.1 Å². The Morgan fingerprint density at radius 2 is 1.83 bits per heavy atom. The summed E-state index contributed by atoms with van der Waals surface area (Å²) in [4.78, 5) is 19.5. The third kappa shape index (κ3) is 4.91. The fraction of sp³-hybridized carbons (Fsp3) is 0.500. The zero-order valence-electron chi connectivity index (χ0n) is 16.3. The van der Waals surface area contributed by atoms with Gasteiger partial charge < -0.3 is 16.0 Å². The summed E-state index contributed by atoms with van der Waals surface area (Å²) in [5, 5.41) is 10.6. The van der Waals surface area contributed by atoms with E-state index in [1.807, 2.05) is 0 Å². The third-order valence-corrected chi connectivity index (χ3v) is 4.09. The Kier molecular flexibility index (Phi) is 6.47. The Morgan fingerprint density at radius 3 is 2.37 bits per heavy atom. The Hall–Kier alpha value is -3.06. The molecule has 1 atom stereocenters. The molecule has 0 fully saturated rings. The molecule has 14 heteroatoms. The van der Waals surface area contributed by atoms with Crippen LogP contribution in [0.5, 0.6) is 0 Å². The smallest absolute Gasteiger partial charge is 0.372 e. The predicted octanol–water partition coefficient (Wildman–Crippen LogP) is 3.20. The molecular formula is C16H19F6N7O. The van der Waals surface area contributed by atoms with Gasteiger partial charge in [0, 0.05) is 13.2 Å². The van der Waals surface area contributed by atoms with E-state index < -0.39 is 41.7 Å². The van der Waals surface area contributed by atoms with E-state index in [1.54, 1.807) is 5.32 Å². The third-order valence-electron chi connectivity index (χ3n) is 4.09. The monoisotopic (exact) mass is 439 g/mol. The lowest BCUT2D eigenvalue weighted by atomic mass is 10.1. The van der Waals surface area contributed by atoms with Gasteiger partial charge in [-0.1, -0.05) is 0 Å². The highest BCUT2D eigenvalue weighted by molar-refractivity contribution is 5.83. The molecule has 0 saturated carbocycles. The molecule has 3 N–H and O–H groups in total. The number of amides is 1. The summed E-state index contributed by atoms with van der Waals surface area (Å²) in [5.74, 6) is -1.68. The minimum Gasteiger partial charge on any atom is -0.372 e. The molecule has 2 aromatic heterocycles. The number of alkyl halides is 6.